The van der Waals surface area contributed by atoms with Gasteiger partial charge in [0.2, 0.25) is 5.91 Å². The van der Waals surface area contributed by atoms with Crippen molar-refractivity contribution >= 4 is 17.3 Å². The van der Waals surface area contributed by atoms with E-state index in [4.69, 9.17) is 5.73 Å². The van der Waals surface area contributed by atoms with Gasteiger partial charge in [-0.3, -0.25) is 4.79 Å². The molecule has 1 saturated heterocycles. The molecule has 0 bridgehead atoms. The summed E-state index contributed by atoms with van der Waals surface area (Å²) in [5.41, 5.74) is 8.74. The molecule has 0 spiro atoms. The maximum Gasteiger partial charge on any atom is 0.220 e. The summed E-state index contributed by atoms with van der Waals surface area (Å²) in [6, 6.07) is 6.06. The third-order valence-electron chi connectivity index (χ3n) is 2.92. The van der Waals surface area contributed by atoms with Crippen molar-refractivity contribution in [2.45, 2.75) is 25.8 Å². The van der Waals surface area contributed by atoms with Crippen molar-refractivity contribution < 1.29 is 4.79 Å². The number of hydrogen-bond donors (Lipinski definition) is 3. The molecule has 1 aliphatic heterocycles. The molecule has 2 rings (SSSR count). The Morgan fingerprint density at radius 3 is 3.00 bits per heavy atom. The second-order valence-electron chi connectivity index (χ2n) is 4.22. The molecular weight excluding hydrogens is 202 g/mol. The molecule has 1 amide bonds. The lowest BCUT2D eigenvalue weighted by Crippen LogP contribution is -2.32. The Labute approximate surface area is 95.2 Å². The third-order valence-corrected chi connectivity index (χ3v) is 2.92. The summed E-state index contributed by atoms with van der Waals surface area (Å²) in [4.78, 5) is 11.0. The number of carbonyl (C=O) groups excluding carboxylic acids is 1. The lowest BCUT2D eigenvalue weighted by Gasteiger charge is -2.15. The molecule has 4 nitrogen and oxygen atoms in total. The average molecular weight is 219 g/mol. The molecule has 1 aliphatic rings. The van der Waals surface area contributed by atoms with Crippen LogP contribution in [0.4, 0.5) is 11.4 Å². The number of benzene rings is 1. The minimum Gasteiger partial charge on any atom is -0.397 e. The first-order valence-electron chi connectivity index (χ1n) is 5.55. The predicted molar refractivity (Wildman–Crippen MR) is 65.2 cm³/mol. The van der Waals surface area contributed by atoms with Gasteiger partial charge in [0.25, 0.3) is 0 Å². The Balaban J connectivity index is 1.97. The summed E-state index contributed by atoms with van der Waals surface area (Å²) in [6.45, 7) is 2.76. The standard InChI is InChI=1S/C12H17N3O/c1-8-3-2-4-10(13)12(8)14-7-9-5-6-11(16)15-9/h2-4,9,14H,5-7,13H2,1H3,(H,15,16). The van der Waals surface area contributed by atoms with Gasteiger partial charge in [-0.1, -0.05) is 12.1 Å². The summed E-state index contributed by atoms with van der Waals surface area (Å²) in [5, 5.41) is 6.22. The van der Waals surface area contributed by atoms with Gasteiger partial charge in [0.15, 0.2) is 0 Å². The van der Waals surface area contributed by atoms with E-state index in [-0.39, 0.29) is 11.9 Å². The second-order valence-corrected chi connectivity index (χ2v) is 4.22. The molecule has 1 aromatic rings. The summed E-state index contributed by atoms with van der Waals surface area (Å²) in [6.07, 6.45) is 1.53. The van der Waals surface area contributed by atoms with Crippen LogP contribution in [-0.2, 0) is 4.79 Å². The number of nitrogens with one attached hydrogen (secondary N) is 2. The largest absolute Gasteiger partial charge is 0.397 e. The fourth-order valence-corrected chi connectivity index (χ4v) is 1.99. The topological polar surface area (TPSA) is 67.1 Å². The number of aryl methyl sites for hydroxylation is 1. The van der Waals surface area contributed by atoms with Crippen LogP contribution in [0.3, 0.4) is 0 Å². The number of rotatable bonds is 3. The third kappa shape index (κ3) is 2.27. The smallest absolute Gasteiger partial charge is 0.220 e. The number of anilines is 2. The zero-order chi connectivity index (χ0) is 11.5. The lowest BCUT2D eigenvalue weighted by molar-refractivity contribution is -0.119. The maximum atomic E-state index is 11.0. The van der Waals surface area contributed by atoms with Gasteiger partial charge in [-0.05, 0) is 25.0 Å². The highest BCUT2D eigenvalue weighted by Gasteiger charge is 2.20. The molecule has 1 heterocycles. The predicted octanol–water partition coefficient (Wildman–Crippen LogP) is 1.27. The highest BCUT2D eigenvalue weighted by Crippen LogP contribution is 2.22. The Bertz CT molecular complexity index is 383. The number of nitrogens with two attached hydrogens (primary N) is 1. The van der Waals surface area contributed by atoms with Crippen LogP contribution in [0.2, 0.25) is 0 Å². The van der Waals surface area contributed by atoms with E-state index in [9.17, 15) is 4.79 Å². The van der Waals surface area contributed by atoms with Crippen LogP contribution in [-0.4, -0.2) is 18.5 Å². The van der Waals surface area contributed by atoms with Crippen molar-refractivity contribution in [1.29, 1.82) is 0 Å². The van der Waals surface area contributed by atoms with Crippen molar-refractivity contribution in [3.8, 4) is 0 Å². The first-order valence-corrected chi connectivity index (χ1v) is 5.55. The summed E-state index contributed by atoms with van der Waals surface area (Å²) >= 11 is 0. The van der Waals surface area contributed by atoms with E-state index >= 15 is 0 Å². The molecular formula is C12H17N3O. The molecule has 1 aromatic carbocycles. The van der Waals surface area contributed by atoms with E-state index in [0.717, 1.165) is 29.9 Å². The molecule has 0 radical (unpaired) electrons. The number of para-hydroxylation sites is 1. The minimum atomic E-state index is 0.143. The zero-order valence-corrected chi connectivity index (χ0v) is 9.42. The summed E-state index contributed by atoms with van der Waals surface area (Å²) in [5.74, 6) is 0.143. The van der Waals surface area contributed by atoms with Gasteiger partial charge >= 0.3 is 0 Å². The van der Waals surface area contributed by atoms with Gasteiger partial charge in [0.1, 0.15) is 0 Å². The molecule has 1 unspecified atom stereocenters. The van der Waals surface area contributed by atoms with Crippen LogP contribution in [0.5, 0.6) is 0 Å². The van der Waals surface area contributed by atoms with Crippen LogP contribution < -0.4 is 16.4 Å². The highest BCUT2D eigenvalue weighted by atomic mass is 16.1. The number of amides is 1. The van der Waals surface area contributed by atoms with Crippen LogP contribution >= 0.6 is 0 Å². The SMILES string of the molecule is Cc1cccc(N)c1NCC1CCC(=O)N1. The van der Waals surface area contributed by atoms with E-state index in [1.165, 1.54) is 0 Å². The molecule has 4 N–H and O–H groups in total. The number of nitrogen functional groups attached to an aromatic ring is 1. The molecule has 0 aromatic heterocycles. The molecule has 16 heavy (non-hydrogen) atoms. The lowest BCUT2D eigenvalue weighted by atomic mass is 10.1. The molecule has 4 heteroatoms. The summed E-state index contributed by atoms with van der Waals surface area (Å²) < 4.78 is 0. The van der Waals surface area contributed by atoms with Gasteiger partial charge < -0.3 is 16.4 Å². The molecule has 1 atom stereocenters. The Kier molecular flexibility index (Phi) is 2.99. The normalized spacial score (nSPS) is 19.6. The van der Waals surface area contributed by atoms with Gasteiger partial charge in [-0.25, -0.2) is 0 Å². The van der Waals surface area contributed by atoms with Gasteiger partial charge in [0.05, 0.1) is 11.4 Å². The van der Waals surface area contributed by atoms with Crippen molar-refractivity contribution in [3.05, 3.63) is 23.8 Å². The van der Waals surface area contributed by atoms with Gasteiger partial charge in [-0.2, -0.15) is 0 Å². The number of hydrogen-bond acceptors (Lipinski definition) is 3. The van der Waals surface area contributed by atoms with E-state index in [0.29, 0.717) is 6.42 Å². The van der Waals surface area contributed by atoms with Crippen LogP contribution in [0.25, 0.3) is 0 Å². The Morgan fingerprint density at radius 1 is 1.56 bits per heavy atom. The Hall–Kier alpha value is -1.71. The number of carbonyl (C=O) groups is 1. The van der Waals surface area contributed by atoms with Crippen molar-refractivity contribution in [2.75, 3.05) is 17.6 Å². The molecule has 1 fully saturated rings. The first kappa shape index (κ1) is 10.8. The average Bonchev–Trinajstić information content (AvgIpc) is 2.63. The van der Waals surface area contributed by atoms with Crippen LogP contribution in [0.1, 0.15) is 18.4 Å². The summed E-state index contributed by atoms with van der Waals surface area (Å²) in [7, 11) is 0. The fraction of sp³-hybridized carbons (Fsp3) is 0.417. The van der Waals surface area contributed by atoms with E-state index in [2.05, 4.69) is 10.6 Å². The van der Waals surface area contributed by atoms with E-state index in [1.54, 1.807) is 0 Å². The van der Waals surface area contributed by atoms with Crippen molar-refractivity contribution in [3.63, 3.8) is 0 Å². The fourth-order valence-electron chi connectivity index (χ4n) is 1.99. The second kappa shape index (κ2) is 4.43. The van der Waals surface area contributed by atoms with E-state index in [1.807, 2.05) is 25.1 Å². The quantitative estimate of drug-likeness (QED) is 0.671. The maximum absolute atomic E-state index is 11.0. The molecule has 0 aliphatic carbocycles. The van der Waals surface area contributed by atoms with Crippen molar-refractivity contribution in [2.24, 2.45) is 0 Å². The first-order chi connectivity index (χ1) is 7.66. The van der Waals surface area contributed by atoms with Crippen LogP contribution in [0.15, 0.2) is 18.2 Å². The van der Waals surface area contributed by atoms with Crippen LogP contribution in [0, 0.1) is 6.92 Å². The van der Waals surface area contributed by atoms with Gasteiger partial charge in [0, 0.05) is 19.0 Å². The van der Waals surface area contributed by atoms with Crippen molar-refractivity contribution in [1.82, 2.24) is 5.32 Å². The molecule has 0 saturated carbocycles. The Morgan fingerprint density at radius 2 is 2.38 bits per heavy atom. The van der Waals surface area contributed by atoms with Gasteiger partial charge in [-0.15, -0.1) is 0 Å². The monoisotopic (exact) mass is 219 g/mol. The highest BCUT2D eigenvalue weighted by molar-refractivity contribution is 5.78. The molecule has 86 valence electrons. The van der Waals surface area contributed by atoms with E-state index < -0.39 is 0 Å². The minimum absolute atomic E-state index is 0.143. The zero-order valence-electron chi connectivity index (χ0n) is 9.42.